The smallest absolute Gasteiger partial charge is 0.417 e. The van der Waals surface area contributed by atoms with Gasteiger partial charge in [-0.1, -0.05) is 91.0 Å². The number of ether oxygens (including phenoxy) is 2. The van der Waals surface area contributed by atoms with Crippen LogP contribution >= 0.6 is 0 Å². The summed E-state index contributed by atoms with van der Waals surface area (Å²) in [6, 6.07) is 23.0. The van der Waals surface area contributed by atoms with Crippen molar-refractivity contribution >= 4 is 35.9 Å². The predicted molar refractivity (Wildman–Crippen MR) is 188 cm³/mol. The Hall–Kier alpha value is -5.92. The number of carboxylic acids is 1. The molecule has 1 saturated heterocycles. The molecule has 14 heteroatoms. The van der Waals surface area contributed by atoms with E-state index in [0.29, 0.717) is 16.9 Å². The maximum absolute atomic E-state index is 14.4. The second-order valence-electron chi connectivity index (χ2n) is 12.1. The molecule has 0 bridgehead atoms. The first-order valence-electron chi connectivity index (χ1n) is 16.7. The fourth-order valence-corrected chi connectivity index (χ4v) is 5.83. The van der Waals surface area contributed by atoms with Crippen LogP contribution in [0.2, 0.25) is 0 Å². The first-order valence-corrected chi connectivity index (χ1v) is 16.7. The predicted octanol–water partition coefficient (Wildman–Crippen LogP) is 3.53. The molecule has 14 nitrogen and oxygen atoms in total. The largest absolute Gasteiger partial charge is 0.480 e. The number of guanidine groups is 1. The molecule has 1 unspecified atom stereocenters. The van der Waals surface area contributed by atoms with Crippen LogP contribution in [0.15, 0.2) is 96.0 Å². The molecule has 1 aliphatic heterocycles. The molecule has 51 heavy (non-hydrogen) atoms. The summed E-state index contributed by atoms with van der Waals surface area (Å²) in [4.78, 5) is 75.2. The summed E-state index contributed by atoms with van der Waals surface area (Å²) in [6.45, 7) is -0.0231. The Morgan fingerprint density at radius 2 is 1.35 bits per heavy atom. The third-order valence-corrected chi connectivity index (χ3v) is 8.50. The molecule has 3 aromatic rings. The van der Waals surface area contributed by atoms with Crippen molar-refractivity contribution in [3.63, 3.8) is 0 Å². The van der Waals surface area contributed by atoms with E-state index in [1.165, 1.54) is 16.8 Å². The molecule has 4 amide bonds. The van der Waals surface area contributed by atoms with Gasteiger partial charge in [0, 0.05) is 26.6 Å². The van der Waals surface area contributed by atoms with Gasteiger partial charge in [-0.25, -0.2) is 19.3 Å². The number of carboxylic acid groups (broad SMARTS) is 1. The van der Waals surface area contributed by atoms with Gasteiger partial charge in [-0.05, 0) is 42.4 Å². The lowest BCUT2D eigenvalue weighted by molar-refractivity contribution is -0.153. The van der Waals surface area contributed by atoms with Gasteiger partial charge < -0.3 is 30.9 Å². The van der Waals surface area contributed by atoms with E-state index in [0.717, 1.165) is 11.1 Å². The normalized spacial score (nSPS) is 14.8. The number of likely N-dealkylation sites (tertiary alicyclic amines) is 1. The van der Waals surface area contributed by atoms with Gasteiger partial charge in [0.25, 0.3) is 5.91 Å². The average molecular weight is 701 g/mol. The number of hydrogen-bond acceptors (Lipinski definition) is 8. The van der Waals surface area contributed by atoms with Crippen molar-refractivity contribution in [3.05, 3.63) is 108 Å². The third kappa shape index (κ3) is 10.8. The molecule has 0 aromatic heterocycles. The van der Waals surface area contributed by atoms with Crippen LogP contribution in [0, 0.1) is 0 Å². The monoisotopic (exact) mass is 700 g/mol. The zero-order chi connectivity index (χ0) is 36.8. The van der Waals surface area contributed by atoms with Crippen LogP contribution in [0.4, 0.5) is 9.59 Å². The molecule has 5 N–H and O–H groups in total. The fraction of sp³-hybridized carbons (Fsp3) is 0.351. The van der Waals surface area contributed by atoms with Crippen LogP contribution in [0.3, 0.4) is 0 Å². The summed E-state index contributed by atoms with van der Waals surface area (Å²) in [5, 5.41) is 10.2. The van der Waals surface area contributed by atoms with Crippen molar-refractivity contribution in [3.8, 4) is 0 Å². The minimum absolute atomic E-state index is 0.0130. The van der Waals surface area contributed by atoms with E-state index in [-0.39, 0.29) is 57.9 Å². The van der Waals surface area contributed by atoms with Crippen LogP contribution in [0.5, 0.6) is 0 Å². The number of nitrogens with two attached hydrogens (primary N) is 2. The summed E-state index contributed by atoms with van der Waals surface area (Å²) >= 11 is 0. The van der Waals surface area contributed by atoms with E-state index < -0.39 is 48.1 Å². The van der Waals surface area contributed by atoms with Crippen LogP contribution in [-0.2, 0) is 43.5 Å². The Kier molecular flexibility index (Phi) is 13.9. The quantitative estimate of drug-likeness (QED) is 0.120. The van der Waals surface area contributed by atoms with Gasteiger partial charge in [-0.15, -0.1) is 0 Å². The van der Waals surface area contributed by atoms with Crippen LogP contribution < -0.4 is 11.5 Å². The van der Waals surface area contributed by atoms with Gasteiger partial charge in [0.1, 0.15) is 31.3 Å². The molecule has 1 heterocycles. The van der Waals surface area contributed by atoms with Gasteiger partial charge in [0.2, 0.25) is 5.91 Å². The minimum atomic E-state index is -1.64. The molecular formula is C37H44N6O8. The van der Waals surface area contributed by atoms with Crippen molar-refractivity contribution in [2.75, 3.05) is 20.1 Å². The summed E-state index contributed by atoms with van der Waals surface area (Å²) in [5.74, 6) is -3.08. The molecular weight excluding hydrogens is 656 g/mol. The standard InChI is InChI=1S/C37H44N6O8/c1-41(36(48)50-24-27-15-7-3-8-16-27)31(23-26-13-5-2-6-14-26)32(44)42-22-12-20-29(42)33(45)43(30(34(46)47)19-11-21-40-35(38)39)37(49)51-25-28-17-9-4-10-18-28/h2-10,13-18,29-31H,11-12,19-25H2,1H3,(H,46,47)(H4,38,39,40)/t29-,30?,31+/m0/s1. The first-order chi connectivity index (χ1) is 24.6. The number of aliphatic imine (C=N–C) groups is 1. The molecule has 270 valence electrons. The number of imide groups is 1. The van der Waals surface area contributed by atoms with E-state index in [2.05, 4.69) is 4.99 Å². The van der Waals surface area contributed by atoms with Gasteiger partial charge in [0.05, 0.1) is 0 Å². The van der Waals surface area contributed by atoms with Crippen molar-refractivity contribution in [1.29, 1.82) is 0 Å². The Morgan fingerprint density at radius 3 is 1.88 bits per heavy atom. The molecule has 3 aromatic carbocycles. The molecule has 0 aliphatic carbocycles. The maximum Gasteiger partial charge on any atom is 0.417 e. The Morgan fingerprint density at radius 1 is 0.824 bits per heavy atom. The van der Waals surface area contributed by atoms with Gasteiger partial charge in [-0.2, -0.15) is 0 Å². The number of likely N-dealkylation sites (N-methyl/N-ethyl adjacent to an activating group) is 1. The zero-order valence-corrected chi connectivity index (χ0v) is 28.5. The molecule has 3 atom stereocenters. The highest BCUT2D eigenvalue weighted by atomic mass is 16.6. The van der Waals surface area contributed by atoms with Gasteiger partial charge in [-0.3, -0.25) is 19.5 Å². The van der Waals surface area contributed by atoms with E-state index >= 15 is 0 Å². The Bertz CT molecular complexity index is 1650. The number of rotatable bonds is 15. The lowest BCUT2D eigenvalue weighted by Crippen LogP contribution is -2.58. The SMILES string of the molecule is CN(C(=O)OCc1ccccc1)[C@H](Cc1ccccc1)C(=O)N1CCC[C@H]1C(=O)N(C(=O)OCc1ccccc1)C(CCCN=C(N)N)C(=O)O. The number of carbonyl (C=O) groups is 5. The van der Waals surface area contributed by atoms with Gasteiger partial charge >= 0.3 is 18.2 Å². The minimum Gasteiger partial charge on any atom is -0.480 e. The zero-order valence-electron chi connectivity index (χ0n) is 28.5. The van der Waals surface area contributed by atoms with Crippen molar-refractivity contribution in [2.45, 2.75) is 63.4 Å². The second kappa shape index (κ2) is 18.7. The maximum atomic E-state index is 14.4. The molecule has 0 radical (unpaired) electrons. The number of aliphatic carboxylic acids is 1. The Balaban J connectivity index is 1.60. The van der Waals surface area contributed by atoms with Crippen molar-refractivity contribution < 1.29 is 38.6 Å². The van der Waals surface area contributed by atoms with E-state index in [1.54, 1.807) is 30.3 Å². The molecule has 1 fully saturated rings. The average Bonchev–Trinajstić information content (AvgIpc) is 3.64. The molecule has 0 saturated carbocycles. The summed E-state index contributed by atoms with van der Waals surface area (Å²) < 4.78 is 11.0. The van der Waals surface area contributed by atoms with Crippen molar-refractivity contribution in [1.82, 2.24) is 14.7 Å². The summed E-state index contributed by atoms with van der Waals surface area (Å²) in [6.07, 6.45) is -1.28. The van der Waals surface area contributed by atoms with E-state index in [1.807, 2.05) is 60.7 Å². The number of benzene rings is 3. The lowest BCUT2D eigenvalue weighted by Gasteiger charge is -2.35. The molecule has 4 rings (SSSR count). The summed E-state index contributed by atoms with van der Waals surface area (Å²) in [5.41, 5.74) is 13.0. The first kappa shape index (κ1) is 37.9. The fourth-order valence-electron chi connectivity index (χ4n) is 5.83. The highest BCUT2D eigenvalue weighted by Gasteiger charge is 2.46. The number of carbonyl (C=O) groups excluding carboxylic acids is 4. The highest BCUT2D eigenvalue weighted by molar-refractivity contribution is 6.01. The van der Waals surface area contributed by atoms with E-state index in [9.17, 15) is 29.1 Å². The highest BCUT2D eigenvalue weighted by Crippen LogP contribution is 2.26. The number of amides is 4. The van der Waals surface area contributed by atoms with Crippen molar-refractivity contribution in [2.24, 2.45) is 16.5 Å². The van der Waals surface area contributed by atoms with Crippen LogP contribution in [-0.4, -0.2) is 94.0 Å². The molecule has 1 aliphatic rings. The topological polar surface area (TPSA) is 198 Å². The number of hydrogen-bond donors (Lipinski definition) is 3. The third-order valence-electron chi connectivity index (χ3n) is 8.50. The van der Waals surface area contributed by atoms with Crippen LogP contribution in [0.25, 0.3) is 0 Å². The van der Waals surface area contributed by atoms with E-state index in [4.69, 9.17) is 20.9 Å². The second-order valence-corrected chi connectivity index (χ2v) is 12.1. The number of nitrogens with zero attached hydrogens (tertiary/aromatic N) is 4. The summed E-state index contributed by atoms with van der Waals surface area (Å²) in [7, 11) is 1.45. The Labute approximate surface area is 296 Å². The lowest BCUT2D eigenvalue weighted by atomic mass is 10.0. The van der Waals surface area contributed by atoms with Gasteiger partial charge in [0.15, 0.2) is 5.96 Å². The molecule has 0 spiro atoms. The van der Waals surface area contributed by atoms with Crippen LogP contribution in [0.1, 0.15) is 42.4 Å².